The predicted octanol–water partition coefficient (Wildman–Crippen LogP) is 2.83. The third-order valence-electron chi connectivity index (χ3n) is 4.33. The summed E-state index contributed by atoms with van der Waals surface area (Å²) in [5.74, 6) is -1.13. The number of fused-ring (bicyclic) bond motifs is 2. The van der Waals surface area contributed by atoms with Gasteiger partial charge in [-0.1, -0.05) is 0 Å². The maximum absolute atomic E-state index is 13.1. The van der Waals surface area contributed by atoms with E-state index >= 15 is 0 Å². The molecule has 2 fully saturated rings. The van der Waals surface area contributed by atoms with Crippen LogP contribution in [-0.2, 0) is 16.2 Å². The fourth-order valence-electron chi connectivity index (χ4n) is 3.39. The van der Waals surface area contributed by atoms with Crippen LogP contribution in [0.2, 0.25) is 0 Å². The smallest absolute Gasteiger partial charge is 0.311 e. The van der Waals surface area contributed by atoms with Gasteiger partial charge in [-0.25, -0.2) is 17.5 Å². The second-order valence-corrected chi connectivity index (χ2v) is 7.75. The SMILES string of the molecule is Cl.O=S(=O)(NC1CC2CCC(C1)N2)c1ccc(F)cc1C(F)(F)F. The van der Waals surface area contributed by atoms with Crippen molar-refractivity contribution in [1.29, 1.82) is 0 Å². The molecule has 2 heterocycles. The Morgan fingerprint density at radius 1 is 1.12 bits per heavy atom. The number of benzene rings is 1. The molecule has 0 spiro atoms. The fourth-order valence-corrected chi connectivity index (χ4v) is 4.86. The van der Waals surface area contributed by atoms with E-state index in [2.05, 4.69) is 10.0 Å². The van der Waals surface area contributed by atoms with Crippen molar-refractivity contribution in [1.82, 2.24) is 10.0 Å². The van der Waals surface area contributed by atoms with Crippen LogP contribution in [0.4, 0.5) is 17.6 Å². The van der Waals surface area contributed by atoms with Crippen molar-refractivity contribution in [3.63, 3.8) is 0 Å². The summed E-state index contributed by atoms with van der Waals surface area (Å²) in [7, 11) is -4.37. The second-order valence-electron chi connectivity index (χ2n) is 6.07. The number of piperidine rings is 1. The van der Waals surface area contributed by atoms with Crippen LogP contribution in [0.3, 0.4) is 0 Å². The summed E-state index contributed by atoms with van der Waals surface area (Å²) in [5, 5.41) is 3.32. The van der Waals surface area contributed by atoms with Gasteiger partial charge in [-0.05, 0) is 43.9 Å². The van der Waals surface area contributed by atoms with Crippen molar-refractivity contribution in [2.75, 3.05) is 0 Å². The molecule has 1 aromatic carbocycles. The highest BCUT2D eigenvalue weighted by atomic mass is 35.5. The topological polar surface area (TPSA) is 58.2 Å². The van der Waals surface area contributed by atoms with Crippen molar-refractivity contribution >= 4 is 22.4 Å². The first-order valence-corrected chi connectivity index (χ1v) is 8.78. The zero-order valence-electron chi connectivity index (χ0n) is 12.4. The summed E-state index contributed by atoms with van der Waals surface area (Å²) < 4.78 is 79.2. The molecule has 10 heteroatoms. The maximum atomic E-state index is 13.1. The van der Waals surface area contributed by atoms with Crippen LogP contribution in [0, 0.1) is 5.82 Å². The first-order chi connectivity index (χ1) is 10.6. The van der Waals surface area contributed by atoms with Crippen molar-refractivity contribution in [2.24, 2.45) is 0 Å². The van der Waals surface area contributed by atoms with E-state index in [1.165, 1.54) is 0 Å². The minimum absolute atomic E-state index is 0. The van der Waals surface area contributed by atoms with Crippen molar-refractivity contribution < 1.29 is 26.0 Å². The molecule has 3 rings (SSSR count). The van der Waals surface area contributed by atoms with E-state index in [9.17, 15) is 26.0 Å². The fraction of sp³-hybridized carbons (Fsp3) is 0.571. The van der Waals surface area contributed by atoms with E-state index in [1.54, 1.807) is 0 Å². The molecule has 1 aromatic rings. The Labute approximate surface area is 143 Å². The second kappa shape index (κ2) is 6.78. The predicted molar refractivity (Wildman–Crippen MR) is 81.9 cm³/mol. The average Bonchev–Trinajstić information content (AvgIpc) is 2.76. The molecule has 2 unspecified atom stereocenters. The number of halogens is 5. The molecule has 136 valence electrons. The Bertz CT molecular complexity index is 699. The minimum Gasteiger partial charge on any atom is -0.311 e. The van der Waals surface area contributed by atoms with Crippen molar-refractivity contribution in [3.05, 3.63) is 29.6 Å². The Hall–Kier alpha value is -0.900. The lowest BCUT2D eigenvalue weighted by molar-refractivity contribution is -0.140. The highest BCUT2D eigenvalue weighted by Crippen LogP contribution is 2.35. The van der Waals surface area contributed by atoms with Gasteiger partial charge in [0.1, 0.15) is 5.82 Å². The zero-order chi connectivity index (χ0) is 16.8. The van der Waals surface area contributed by atoms with Gasteiger partial charge in [0.2, 0.25) is 10.0 Å². The molecule has 2 N–H and O–H groups in total. The number of hydrogen-bond donors (Lipinski definition) is 2. The van der Waals surface area contributed by atoms with Gasteiger partial charge in [0.15, 0.2) is 0 Å². The van der Waals surface area contributed by atoms with Crippen LogP contribution >= 0.6 is 12.4 Å². The molecule has 2 atom stereocenters. The highest BCUT2D eigenvalue weighted by Gasteiger charge is 2.40. The van der Waals surface area contributed by atoms with Crippen molar-refractivity contribution in [2.45, 2.75) is 54.9 Å². The maximum Gasteiger partial charge on any atom is 0.417 e. The van der Waals surface area contributed by atoms with E-state index in [1.807, 2.05) is 0 Å². The molecule has 2 saturated heterocycles. The highest BCUT2D eigenvalue weighted by molar-refractivity contribution is 7.89. The Balaban J connectivity index is 0.00000208. The van der Waals surface area contributed by atoms with Gasteiger partial charge in [0.05, 0.1) is 10.5 Å². The molecule has 0 radical (unpaired) electrons. The summed E-state index contributed by atoms with van der Waals surface area (Å²) in [6.45, 7) is 0. The van der Waals surface area contributed by atoms with E-state index < -0.39 is 38.5 Å². The largest absolute Gasteiger partial charge is 0.417 e. The number of hydrogen-bond acceptors (Lipinski definition) is 3. The number of nitrogens with one attached hydrogen (secondary N) is 2. The molecule has 0 aliphatic carbocycles. The normalized spacial score (nSPS) is 26.9. The average molecular weight is 389 g/mol. The molecule has 2 aliphatic rings. The van der Waals surface area contributed by atoms with Crippen molar-refractivity contribution in [3.8, 4) is 0 Å². The lowest BCUT2D eigenvalue weighted by Gasteiger charge is -2.29. The van der Waals surface area contributed by atoms with Gasteiger partial charge < -0.3 is 5.32 Å². The van der Waals surface area contributed by atoms with Gasteiger partial charge in [0.25, 0.3) is 0 Å². The molecular weight excluding hydrogens is 372 g/mol. The number of sulfonamides is 1. The molecular formula is C14H17ClF4N2O2S. The third-order valence-corrected chi connectivity index (χ3v) is 5.91. The Morgan fingerprint density at radius 2 is 1.71 bits per heavy atom. The molecule has 0 saturated carbocycles. The van der Waals surface area contributed by atoms with Crippen LogP contribution in [0.25, 0.3) is 0 Å². The van der Waals surface area contributed by atoms with Crippen LogP contribution in [0.5, 0.6) is 0 Å². The van der Waals surface area contributed by atoms with Gasteiger partial charge in [-0.2, -0.15) is 13.2 Å². The first kappa shape index (κ1) is 19.4. The summed E-state index contributed by atoms with van der Waals surface area (Å²) in [6, 6.07) is 1.56. The quantitative estimate of drug-likeness (QED) is 0.783. The van der Waals surface area contributed by atoms with Gasteiger partial charge >= 0.3 is 6.18 Å². The molecule has 4 nitrogen and oxygen atoms in total. The number of rotatable bonds is 3. The molecule has 0 aromatic heterocycles. The van der Waals surface area contributed by atoms with E-state index in [4.69, 9.17) is 0 Å². The summed E-state index contributed by atoms with van der Waals surface area (Å²) in [4.78, 5) is -0.933. The van der Waals surface area contributed by atoms with E-state index in [-0.39, 0.29) is 30.6 Å². The standard InChI is InChI=1S/C14H16F4N2O2S.ClH/c15-8-1-4-13(12(5-8)14(16,17)18)23(21,22)20-11-6-9-2-3-10(7-11)19-9;/h1,4-5,9-11,19-20H,2-3,6-7H2;1H. The van der Waals surface area contributed by atoms with Gasteiger partial charge in [-0.3, -0.25) is 0 Å². The Morgan fingerprint density at radius 3 is 2.25 bits per heavy atom. The van der Waals surface area contributed by atoms with Crippen LogP contribution in [0.15, 0.2) is 23.1 Å². The first-order valence-electron chi connectivity index (χ1n) is 7.30. The zero-order valence-corrected chi connectivity index (χ0v) is 14.1. The summed E-state index contributed by atoms with van der Waals surface area (Å²) in [6.07, 6.45) is -1.99. The lowest BCUT2D eigenvalue weighted by atomic mass is 10.0. The van der Waals surface area contributed by atoms with Crippen LogP contribution in [-0.4, -0.2) is 26.5 Å². The van der Waals surface area contributed by atoms with E-state index in [0.717, 1.165) is 18.9 Å². The van der Waals surface area contributed by atoms with Crippen LogP contribution < -0.4 is 10.0 Å². The summed E-state index contributed by atoms with van der Waals surface area (Å²) >= 11 is 0. The third kappa shape index (κ3) is 4.01. The Kier molecular flexibility index (Phi) is 5.49. The monoisotopic (exact) mass is 388 g/mol. The lowest BCUT2D eigenvalue weighted by Crippen LogP contribution is -2.48. The summed E-state index contributed by atoms with van der Waals surface area (Å²) in [5.41, 5.74) is -1.48. The van der Waals surface area contributed by atoms with Gasteiger partial charge in [-0.15, -0.1) is 12.4 Å². The minimum atomic E-state index is -4.95. The molecule has 2 aliphatic heterocycles. The molecule has 24 heavy (non-hydrogen) atoms. The molecule has 0 amide bonds. The number of alkyl halides is 3. The van der Waals surface area contributed by atoms with Crippen LogP contribution in [0.1, 0.15) is 31.2 Å². The van der Waals surface area contributed by atoms with E-state index in [0.29, 0.717) is 18.9 Å². The molecule has 2 bridgehead atoms. The van der Waals surface area contributed by atoms with Gasteiger partial charge in [0, 0.05) is 18.1 Å².